The van der Waals surface area contributed by atoms with Crippen LogP contribution in [0.25, 0.3) is 0 Å². The van der Waals surface area contributed by atoms with Crippen LogP contribution in [0.4, 0.5) is 15.8 Å². The topological polar surface area (TPSA) is 50.4 Å². The molecular weight excluding hydrogens is 291 g/mol. The van der Waals surface area contributed by atoms with E-state index < -0.39 is 5.82 Å². The minimum Gasteiger partial charge on any atom is -0.378 e. The second-order valence-electron chi connectivity index (χ2n) is 4.20. The average Bonchev–Trinajstić information content (AvgIpc) is 2.69. The van der Waals surface area contributed by atoms with E-state index in [9.17, 15) is 9.18 Å². The van der Waals surface area contributed by atoms with E-state index >= 15 is 0 Å². The summed E-state index contributed by atoms with van der Waals surface area (Å²) in [5.74, 6) is -0.737. The highest BCUT2D eigenvalue weighted by Gasteiger charge is 2.37. The predicted octanol–water partition coefficient (Wildman–Crippen LogP) is 1.97. The zero-order chi connectivity index (χ0) is 12.0. The van der Waals surface area contributed by atoms with Crippen molar-refractivity contribution >= 4 is 33.2 Å². The number of ether oxygens (including phenoxy) is 1. The molecule has 17 heavy (non-hydrogen) atoms. The first-order chi connectivity index (χ1) is 8.15. The van der Waals surface area contributed by atoms with Gasteiger partial charge in [-0.25, -0.2) is 4.39 Å². The molecule has 0 radical (unpaired) electrons. The molecular formula is C11H10BrFN2O2. The van der Waals surface area contributed by atoms with E-state index in [0.717, 1.165) is 0 Å². The van der Waals surface area contributed by atoms with Crippen molar-refractivity contribution < 1.29 is 13.9 Å². The molecule has 1 fully saturated rings. The molecule has 1 saturated heterocycles. The van der Waals surface area contributed by atoms with Crippen LogP contribution >= 0.6 is 15.9 Å². The van der Waals surface area contributed by atoms with E-state index in [1.165, 1.54) is 6.07 Å². The molecule has 1 amide bonds. The molecule has 2 N–H and O–H groups in total. The third-order valence-electron chi connectivity index (χ3n) is 3.08. The third-order valence-corrected chi connectivity index (χ3v) is 3.68. The average molecular weight is 301 g/mol. The minimum atomic E-state index is -0.394. The predicted molar refractivity (Wildman–Crippen MR) is 64.4 cm³/mol. The van der Waals surface area contributed by atoms with E-state index in [-0.39, 0.29) is 17.9 Å². The molecule has 2 unspecified atom stereocenters. The number of amides is 1. The highest BCUT2D eigenvalue weighted by Crippen LogP contribution is 2.34. The summed E-state index contributed by atoms with van der Waals surface area (Å²) in [6.45, 7) is 0.896. The van der Waals surface area contributed by atoms with Crippen molar-refractivity contribution in [3.05, 3.63) is 22.4 Å². The van der Waals surface area contributed by atoms with Crippen LogP contribution in [0.1, 0.15) is 0 Å². The van der Waals surface area contributed by atoms with Gasteiger partial charge >= 0.3 is 0 Å². The summed E-state index contributed by atoms with van der Waals surface area (Å²) in [7, 11) is 0. The zero-order valence-electron chi connectivity index (χ0n) is 8.80. The monoisotopic (exact) mass is 300 g/mol. The van der Waals surface area contributed by atoms with Crippen LogP contribution in [0.2, 0.25) is 0 Å². The molecule has 0 aromatic heterocycles. The fourth-order valence-electron chi connectivity index (χ4n) is 2.15. The maximum Gasteiger partial charge on any atom is 0.232 e. The largest absolute Gasteiger partial charge is 0.378 e. The highest BCUT2D eigenvalue weighted by atomic mass is 79.9. The smallest absolute Gasteiger partial charge is 0.232 e. The lowest BCUT2D eigenvalue weighted by Crippen LogP contribution is -2.33. The number of anilines is 2. The molecule has 6 heteroatoms. The zero-order valence-corrected chi connectivity index (χ0v) is 10.4. The number of fused-ring (bicyclic) bond motifs is 2. The van der Waals surface area contributed by atoms with Gasteiger partial charge in [-0.05, 0) is 22.0 Å². The van der Waals surface area contributed by atoms with Crippen molar-refractivity contribution in [1.29, 1.82) is 0 Å². The van der Waals surface area contributed by atoms with Crippen molar-refractivity contribution in [3.63, 3.8) is 0 Å². The van der Waals surface area contributed by atoms with Crippen LogP contribution in [0, 0.1) is 11.7 Å². The second-order valence-corrected chi connectivity index (χ2v) is 5.05. The fourth-order valence-corrected chi connectivity index (χ4v) is 2.49. The number of hydrogen-bond donors (Lipinski definition) is 2. The van der Waals surface area contributed by atoms with Crippen LogP contribution in [0.5, 0.6) is 0 Å². The Kier molecular flexibility index (Phi) is 2.56. The Balaban J connectivity index is 2.04. The second kappa shape index (κ2) is 3.96. The first-order valence-corrected chi connectivity index (χ1v) is 6.08. The molecule has 0 saturated carbocycles. The first-order valence-electron chi connectivity index (χ1n) is 5.29. The van der Waals surface area contributed by atoms with Gasteiger partial charge in [0.05, 0.1) is 41.0 Å². The lowest BCUT2D eigenvalue weighted by Gasteiger charge is -2.14. The molecule has 2 atom stereocenters. The summed E-state index contributed by atoms with van der Waals surface area (Å²) in [6.07, 6.45) is 0. The first kappa shape index (κ1) is 11.0. The number of halogens is 2. The van der Waals surface area contributed by atoms with Gasteiger partial charge in [0, 0.05) is 6.07 Å². The molecule has 1 aromatic carbocycles. The maximum absolute atomic E-state index is 13.4. The highest BCUT2D eigenvalue weighted by molar-refractivity contribution is 9.10. The Bertz CT molecular complexity index is 495. The number of benzene rings is 1. The van der Waals surface area contributed by atoms with Gasteiger partial charge in [-0.3, -0.25) is 4.79 Å². The van der Waals surface area contributed by atoms with Crippen LogP contribution in [0.3, 0.4) is 0 Å². The van der Waals surface area contributed by atoms with Gasteiger partial charge in [0.1, 0.15) is 5.82 Å². The van der Waals surface area contributed by atoms with E-state index in [0.29, 0.717) is 29.1 Å². The summed E-state index contributed by atoms with van der Waals surface area (Å²) in [5.41, 5.74) is 1.19. The number of carbonyl (C=O) groups excluding carboxylic acids is 1. The van der Waals surface area contributed by atoms with Gasteiger partial charge in [0.2, 0.25) is 5.91 Å². The van der Waals surface area contributed by atoms with Gasteiger partial charge in [-0.15, -0.1) is 0 Å². The molecule has 4 nitrogen and oxygen atoms in total. The minimum absolute atomic E-state index is 0.0476. The molecule has 0 aliphatic carbocycles. The Morgan fingerprint density at radius 2 is 2.18 bits per heavy atom. The SMILES string of the molecule is O=C1Nc2cc(F)c(Br)cc2NC2COCC12. The maximum atomic E-state index is 13.4. The molecule has 2 heterocycles. The standard InChI is InChI=1S/C11H10BrFN2O2/c12-6-1-8-9(2-7(6)13)15-11(16)5-3-17-4-10(5)14-8/h1-2,5,10,14H,3-4H2,(H,15,16). The quantitative estimate of drug-likeness (QED) is 0.770. The summed E-state index contributed by atoms with van der Waals surface area (Å²) in [5, 5.41) is 5.93. The number of rotatable bonds is 0. The van der Waals surface area contributed by atoms with E-state index in [2.05, 4.69) is 26.6 Å². The number of nitrogens with one attached hydrogen (secondary N) is 2. The Morgan fingerprint density at radius 3 is 3.00 bits per heavy atom. The van der Waals surface area contributed by atoms with Crippen LogP contribution in [-0.2, 0) is 9.53 Å². The molecule has 90 valence electrons. The fraction of sp³-hybridized carbons (Fsp3) is 0.364. The third kappa shape index (κ3) is 1.81. The van der Waals surface area contributed by atoms with Crippen molar-refractivity contribution in [2.75, 3.05) is 23.8 Å². The molecule has 2 aliphatic rings. The molecule has 2 aliphatic heterocycles. The summed E-state index contributed by atoms with van der Waals surface area (Å²) in [6, 6.07) is 2.89. The van der Waals surface area contributed by atoms with E-state index in [1.807, 2.05) is 0 Å². The van der Waals surface area contributed by atoms with Crippen LogP contribution < -0.4 is 10.6 Å². The summed E-state index contributed by atoms with van der Waals surface area (Å²) in [4.78, 5) is 11.9. The van der Waals surface area contributed by atoms with Gasteiger partial charge < -0.3 is 15.4 Å². The van der Waals surface area contributed by atoms with Gasteiger partial charge in [0.15, 0.2) is 0 Å². The van der Waals surface area contributed by atoms with Gasteiger partial charge in [-0.2, -0.15) is 0 Å². The van der Waals surface area contributed by atoms with Crippen molar-refractivity contribution in [2.45, 2.75) is 6.04 Å². The molecule has 3 rings (SSSR count). The lowest BCUT2D eigenvalue weighted by molar-refractivity contribution is -0.119. The molecule has 1 aromatic rings. The number of hydrogen-bond acceptors (Lipinski definition) is 3. The Hall–Kier alpha value is -1.14. The van der Waals surface area contributed by atoms with Gasteiger partial charge in [-0.1, -0.05) is 0 Å². The number of carbonyl (C=O) groups is 1. The van der Waals surface area contributed by atoms with Crippen LogP contribution in [0.15, 0.2) is 16.6 Å². The van der Waals surface area contributed by atoms with E-state index in [4.69, 9.17) is 4.74 Å². The van der Waals surface area contributed by atoms with Gasteiger partial charge in [0.25, 0.3) is 0 Å². The summed E-state index contributed by atoms with van der Waals surface area (Å²) < 4.78 is 19.1. The van der Waals surface area contributed by atoms with E-state index in [1.54, 1.807) is 6.07 Å². The molecule has 0 bridgehead atoms. The van der Waals surface area contributed by atoms with Crippen molar-refractivity contribution in [3.8, 4) is 0 Å². The normalized spacial score (nSPS) is 26.6. The molecule has 0 spiro atoms. The Morgan fingerprint density at radius 1 is 1.35 bits per heavy atom. The van der Waals surface area contributed by atoms with Crippen molar-refractivity contribution in [2.24, 2.45) is 5.92 Å². The summed E-state index contributed by atoms with van der Waals surface area (Å²) >= 11 is 3.13. The lowest BCUT2D eigenvalue weighted by atomic mass is 10.0. The van der Waals surface area contributed by atoms with Crippen molar-refractivity contribution in [1.82, 2.24) is 0 Å². The van der Waals surface area contributed by atoms with Crippen LogP contribution in [-0.4, -0.2) is 25.2 Å². The Labute approximate surface area is 106 Å².